The molecule has 2 bridgehead atoms. The Balaban J connectivity index is 1.33. The van der Waals surface area contributed by atoms with Crippen molar-refractivity contribution in [2.75, 3.05) is 33.4 Å². The molecule has 1 amide bonds. The van der Waals surface area contributed by atoms with Gasteiger partial charge in [-0.3, -0.25) is 19.7 Å². The van der Waals surface area contributed by atoms with E-state index in [2.05, 4.69) is 10.6 Å². The molecule has 0 aromatic heterocycles. The van der Waals surface area contributed by atoms with Crippen molar-refractivity contribution in [3.63, 3.8) is 0 Å². The second kappa shape index (κ2) is 14.1. The average molecular weight is 594 g/mol. The van der Waals surface area contributed by atoms with Crippen molar-refractivity contribution >= 4 is 41.0 Å². The summed E-state index contributed by atoms with van der Waals surface area (Å²) >= 11 is 13.0. The second-order valence-corrected chi connectivity index (χ2v) is 10.8. The lowest BCUT2D eigenvalue weighted by Gasteiger charge is -2.23. The number of halogens is 2. The second-order valence-electron chi connectivity index (χ2n) is 9.99. The van der Waals surface area contributed by atoms with Crippen LogP contribution in [0.1, 0.15) is 48.5 Å². The topological polar surface area (TPSA) is 112 Å². The van der Waals surface area contributed by atoms with Gasteiger partial charge < -0.3 is 24.3 Å². The van der Waals surface area contributed by atoms with Gasteiger partial charge in [0.05, 0.1) is 49.0 Å². The van der Waals surface area contributed by atoms with E-state index in [0.29, 0.717) is 35.3 Å². The van der Waals surface area contributed by atoms with Crippen LogP contribution < -0.4 is 20.1 Å². The van der Waals surface area contributed by atoms with Crippen LogP contribution in [-0.4, -0.2) is 57.3 Å². The zero-order valence-electron chi connectivity index (χ0n) is 22.6. The molecule has 0 radical (unpaired) electrons. The maximum absolute atomic E-state index is 13.1. The van der Waals surface area contributed by atoms with E-state index in [1.807, 2.05) is 0 Å². The highest BCUT2D eigenvalue weighted by Gasteiger charge is 2.40. The Morgan fingerprint density at radius 3 is 2.33 bits per heavy atom. The summed E-state index contributed by atoms with van der Waals surface area (Å²) in [6.07, 6.45) is 5.01. The van der Waals surface area contributed by atoms with Crippen LogP contribution in [0.2, 0.25) is 10.0 Å². The fourth-order valence-electron chi connectivity index (χ4n) is 5.38. The molecule has 3 atom stereocenters. The van der Waals surface area contributed by atoms with E-state index in [1.54, 1.807) is 37.3 Å². The lowest BCUT2D eigenvalue weighted by atomic mass is 9.95. The average Bonchev–Trinajstić information content (AvgIpc) is 3.54. The van der Waals surface area contributed by atoms with Crippen molar-refractivity contribution in [1.29, 1.82) is 0 Å². The Hall–Kier alpha value is -3.01. The van der Waals surface area contributed by atoms with Gasteiger partial charge in [0.2, 0.25) is 0 Å². The van der Waals surface area contributed by atoms with Crippen molar-refractivity contribution in [2.24, 2.45) is 11.8 Å². The SMILES string of the molecule is CCOC(=O)CNCC(=O)OCCc1cc(Cl)c(Oc2ccc(OC)c(C(=O)NC3CC4CCC3C4)c2)c(Cl)c1. The van der Waals surface area contributed by atoms with Gasteiger partial charge in [-0.05, 0) is 73.9 Å². The summed E-state index contributed by atoms with van der Waals surface area (Å²) in [6.45, 7) is 1.90. The van der Waals surface area contributed by atoms with Gasteiger partial charge >= 0.3 is 11.9 Å². The van der Waals surface area contributed by atoms with Crippen LogP contribution in [0.15, 0.2) is 30.3 Å². The summed E-state index contributed by atoms with van der Waals surface area (Å²) in [5.74, 6) is 1.21. The van der Waals surface area contributed by atoms with Crippen LogP contribution in [0.25, 0.3) is 0 Å². The van der Waals surface area contributed by atoms with E-state index in [-0.39, 0.29) is 54.0 Å². The van der Waals surface area contributed by atoms with Crippen molar-refractivity contribution in [2.45, 2.75) is 45.1 Å². The Morgan fingerprint density at radius 1 is 0.975 bits per heavy atom. The Bertz CT molecular complexity index is 1220. The fraction of sp³-hybridized carbons (Fsp3) is 0.483. The Labute approximate surface area is 243 Å². The first kappa shape index (κ1) is 30.0. The van der Waals surface area contributed by atoms with E-state index >= 15 is 0 Å². The molecule has 216 valence electrons. The molecule has 2 aliphatic carbocycles. The van der Waals surface area contributed by atoms with Crippen molar-refractivity contribution in [3.05, 3.63) is 51.5 Å². The van der Waals surface area contributed by atoms with E-state index in [4.69, 9.17) is 42.1 Å². The molecule has 9 nitrogen and oxygen atoms in total. The number of fused-ring (bicyclic) bond motifs is 2. The zero-order valence-corrected chi connectivity index (χ0v) is 24.1. The number of rotatable bonds is 13. The first-order valence-electron chi connectivity index (χ1n) is 13.4. The molecule has 2 aliphatic rings. The van der Waals surface area contributed by atoms with Gasteiger partial charge in [-0.2, -0.15) is 0 Å². The van der Waals surface area contributed by atoms with Gasteiger partial charge in [0.15, 0.2) is 5.75 Å². The van der Waals surface area contributed by atoms with E-state index in [0.717, 1.165) is 12.0 Å². The molecule has 11 heteroatoms. The smallest absolute Gasteiger partial charge is 0.319 e. The Morgan fingerprint density at radius 2 is 1.70 bits per heavy atom. The number of carbonyl (C=O) groups is 3. The number of hydrogen-bond donors (Lipinski definition) is 2. The van der Waals surface area contributed by atoms with Crippen molar-refractivity contribution < 1.29 is 33.3 Å². The molecule has 2 saturated carbocycles. The molecule has 3 unspecified atom stereocenters. The monoisotopic (exact) mass is 592 g/mol. The third-order valence-electron chi connectivity index (χ3n) is 7.25. The summed E-state index contributed by atoms with van der Waals surface area (Å²) in [6, 6.07) is 8.54. The molecular formula is C29H34Cl2N2O7. The standard InChI is InChI=1S/C29H34Cl2N2O7/c1-3-38-26(34)15-32-16-27(35)39-9-8-18-11-22(30)28(23(31)12-18)40-20-6-7-25(37-2)21(14-20)29(36)33-24-13-17-4-5-19(24)10-17/h6-7,11-12,14,17,19,24,32H,3-5,8-10,13,15-16H2,1-2H3,(H,33,36). The lowest BCUT2D eigenvalue weighted by Crippen LogP contribution is -2.38. The molecule has 40 heavy (non-hydrogen) atoms. The van der Waals surface area contributed by atoms with E-state index < -0.39 is 11.9 Å². The normalized spacial score (nSPS) is 19.2. The number of amides is 1. The summed E-state index contributed by atoms with van der Waals surface area (Å²) in [5, 5.41) is 6.40. The fourth-order valence-corrected chi connectivity index (χ4v) is 5.99. The summed E-state index contributed by atoms with van der Waals surface area (Å²) in [7, 11) is 1.52. The number of hydrogen-bond acceptors (Lipinski definition) is 8. The number of nitrogens with one attached hydrogen (secondary N) is 2. The Kier molecular flexibility index (Phi) is 10.5. The molecule has 2 fully saturated rings. The predicted molar refractivity (Wildman–Crippen MR) is 150 cm³/mol. The molecular weight excluding hydrogens is 559 g/mol. The molecule has 0 heterocycles. The number of ether oxygens (including phenoxy) is 4. The minimum absolute atomic E-state index is 0.0720. The molecule has 4 rings (SSSR count). The first-order valence-corrected chi connectivity index (χ1v) is 14.2. The van der Waals surface area contributed by atoms with Gasteiger partial charge in [0, 0.05) is 12.5 Å². The number of methoxy groups -OCH3 is 1. The van der Waals surface area contributed by atoms with Crippen LogP contribution in [0.4, 0.5) is 0 Å². The number of carbonyl (C=O) groups excluding carboxylic acids is 3. The van der Waals surface area contributed by atoms with Gasteiger partial charge in [-0.1, -0.05) is 29.6 Å². The molecule has 0 saturated heterocycles. The third kappa shape index (κ3) is 7.80. The summed E-state index contributed by atoms with van der Waals surface area (Å²) < 4.78 is 21.4. The minimum Gasteiger partial charge on any atom is -0.496 e. The number of benzene rings is 2. The van der Waals surface area contributed by atoms with E-state index in [9.17, 15) is 14.4 Å². The van der Waals surface area contributed by atoms with Gasteiger partial charge in [-0.15, -0.1) is 0 Å². The highest BCUT2D eigenvalue weighted by molar-refractivity contribution is 6.37. The van der Waals surface area contributed by atoms with Crippen molar-refractivity contribution in [1.82, 2.24) is 10.6 Å². The highest BCUT2D eigenvalue weighted by atomic mass is 35.5. The molecule has 0 aliphatic heterocycles. The van der Waals surface area contributed by atoms with Crippen LogP contribution in [0, 0.1) is 11.8 Å². The highest BCUT2D eigenvalue weighted by Crippen LogP contribution is 2.45. The quantitative estimate of drug-likeness (QED) is 0.314. The largest absolute Gasteiger partial charge is 0.496 e. The van der Waals surface area contributed by atoms with Gasteiger partial charge in [0.25, 0.3) is 5.91 Å². The molecule has 0 spiro atoms. The maximum Gasteiger partial charge on any atom is 0.319 e. The molecule has 2 N–H and O–H groups in total. The minimum atomic E-state index is -0.499. The number of esters is 2. The summed E-state index contributed by atoms with van der Waals surface area (Å²) in [4.78, 5) is 36.3. The van der Waals surface area contributed by atoms with Crippen LogP contribution >= 0.6 is 23.2 Å². The maximum atomic E-state index is 13.1. The molecule has 2 aromatic carbocycles. The van der Waals surface area contributed by atoms with Crippen LogP contribution in [0.5, 0.6) is 17.2 Å². The van der Waals surface area contributed by atoms with Crippen molar-refractivity contribution in [3.8, 4) is 17.2 Å². The lowest BCUT2D eigenvalue weighted by molar-refractivity contribution is -0.143. The predicted octanol–water partition coefficient (Wildman–Crippen LogP) is 4.95. The zero-order chi connectivity index (χ0) is 28.6. The third-order valence-corrected chi connectivity index (χ3v) is 7.81. The first-order chi connectivity index (χ1) is 19.3. The van der Waals surface area contributed by atoms with Crippen LogP contribution in [0.3, 0.4) is 0 Å². The van der Waals surface area contributed by atoms with Crippen LogP contribution in [-0.2, 0) is 25.5 Å². The van der Waals surface area contributed by atoms with Gasteiger partial charge in [-0.25, -0.2) is 0 Å². The van der Waals surface area contributed by atoms with E-state index in [1.165, 1.54) is 26.4 Å². The van der Waals surface area contributed by atoms with Gasteiger partial charge in [0.1, 0.15) is 11.5 Å². The summed E-state index contributed by atoms with van der Waals surface area (Å²) in [5.41, 5.74) is 1.13. The molecule has 2 aromatic rings.